The van der Waals surface area contributed by atoms with Crippen molar-refractivity contribution in [3.05, 3.63) is 0 Å². The van der Waals surface area contributed by atoms with Gasteiger partial charge in [-0.25, -0.2) is 0 Å². The molecular weight excluding hydrogens is 302 g/mol. The van der Waals surface area contributed by atoms with E-state index < -0.39 is 0 Å². The van der Waals surface area contributed by atoms with E-state index in [9.17, 15) is 9.59 Å². The normalized spacial score (nSPS) is 25.5. The Morgan fingerprint density at radius 2 is 1.95 bits per heavy atom. The van der Waals surface area contributed by atoms with Crippen LogP contribution in [0, 0.1) is 11.3 Å². The molecule has 128 valence electrons. The molecule has 2 saturated heterocycles. The van der Waals surface area contributed by atoms with Gasteiger partial charge in [-0.2, -0.15) is 0 Å². The molecule has 0 aromatic rings. The molecule has 0 spiro atoms. The second-order valence-corrected chi connectivity index (χ2v) is 7.40. The average molecular weight is 332 g/mol. The summed E-state index contributed by atoms with van der Waals surface area (Å²) < 4.78 is 0. The van der Waals surface area contributed by atoms with E-state index in [0.717, 1.165) is 45.3 Å². The van der Waals surface area contributed by atoms with Gasteiger partial charge in [-0.05, 0) is 38.1 Å². The predicted molar refractivity (Wildman–Crippen MR) is 90.0 cm³/mol. The van der Waals surface area contributed by atoms with Crippen molar-refractivity contribution in [3.63, 3.8) is 0 Å². The van der Waals surface area contributed by atoms with Crippen LogP contribution in [0.5, 0.6) is 0 Å². The summed E-state index contributed by atoms with van der Waals surface area (Å²) in [5.74, 6) is 0.721. The van der Waals surface area contributed by atoms with E-state index in [-0.39, 0.29) is 35.7 Å². The third-order valence-corrected chi connectivity index (χ3v) is 4.39. The van der Waals surface area contributed by atoms with Crippen molar-refractivity contribution in [2.45, 2.75) is 52.5 Å². The van der Waals surface area contributed by atoms with Crippen LogP contribution < -0.4 is 10.6 Å². The van der Waals surface area contributed by atoms with E-state index in [1.165, 1.54) is 0 Å². The van der Waals surface area contributed by atoms with E-state index in [1.807, 2.05) is 25.7 Å². The molecule has 2 rings (SSSR count). The Morgan fingerprint density at radius 3 is 2.55 bits per heavy atom. The number of nitrogens with one attached hydrogen (secondary N) is 2. The van der Waals surface area contributed by atoms with Gasteiger partial charge in [0.2, 0.25) is 11.8 Å². The largest absolute Gasteiger partial charge is 0.354 e. The molecule has 2 fully saturated rings. The smallest absolute Gasteiger partial charge is 0.237 e. The first kappa shape index (κ1) is 19.2. The van der Waals surface area contributed by atoms with Crippen LogP contribution in [0.3, 0.4) is 0 Å². The zero-order valence-corrected chi connectivity index (χ0v) is 14.8. The zero-order chi connectivity index (χ0) is 15.5. The summed E-state index contributed by atoms with van der Waals surface area (Å²) in [5.41, 5.74) is -0.321. The summed E-state index contributed by atoms with van der Waals surface area (Å²) in [6, 6.07) is -0.0131. The fraction of sp³-hybridized carbons (Fsp3) is 0.875. The maximum absolute atomic E-state index is 12.3. The fourth-order valence-electron chi connectivity index (χ4n) is 3.17. The number of hydrogen-bond acceptors (Lipinski definition) is 3. The number of carbonyl (C=O) groups excluding carboxylic acids is 2. The Kier molecular flexibility index (Phi) is 7.13. The van der Waals surface area contributed by atoms with Crippen molar-refractivity contribution in [2.75, 3.05) is 26.2 Å². The third-order valence-electron chi connectivity index (χ3n) is 4.39. The molecule has 6 heteroatoms. The molecule has 5 nitrogen and oxygen atoms in total. The van der Waals surface area contributed by atoms with Crippen molar-refractivity contribution in [1.29, 1.82) is 0 Å². The van der Waals surface area contributed by atoms with Gasteiger partial charge < -0.3 is 15.5 Å². The minimum Gasteiger partial charge on any atom is -0.354 e. The Labute approximate surface area is 140 Å². The Hall–Kier alpha value is -0.810. The topological polar surface area (TPSA) is 61.4 Å². The molecule has 2 amide bonds. The van der Waals surface area contributed by atoms with Gasteiger partial charge in [0.25, 0.3) is 0 Å². The highest BCUT2D eigenvalue weighted by Gasteiger charge is 2.31. The van der Waals surface area contributed by atoms with Gasteiger partial charge in [0.15, 0.2) is 0 Å². The SMILES string of the molecule is CC(C)(C)C(=O)N1CCCC(CNC(=O)C2CCCN2)C1.Cl. The first-order valence-electron chi connectivity index (χ1n) is 8.18. The van der Waals surface area contributed by atoms with Crippen molar-refractivity contribution in [3.8, 4) is 0 Å². The number of carbonyl (C=O) groups is 2. The molecule has 0 aromatic carbocycles. The van der Waals surface area contributed by atoms with Crippen LogP contribution in [0.2, 0.25) is 0 Å². The van der Waals surface area contributed by atoms with Crippen LogP contribution in [0.1, 0.15) is 46.5 Å². The number of halogens is 1. The van der Waals surface area contributed by atoms with Crippen LogP contribution in [0.4, 0.5) is 0 Å². The highest BCUT2D eigenvalue weighted by atomic mass is 35.5. The molecule has 0 aliphatic carbocycles. The molecule has 2 N–H and O–H groups in total. The van der Waals surface area contributed by atoms with E-state index >= 15 is 0 Å². The van der Waals surface area contributed by atoms with Gasteiger partial charge in [-0.3, -0.25) is 9.59 Å². The first-order chi connectivity index (χ1) is 9.88. The van der Waals surface area contributed by atoms with Gasteiger partial charge in [-0.1, -0.05) is 20.8 Å². The van der Waals surface area contributed by atoms with Crippen molar-refractivity contribution in [1.82, 2.24) is 15.5 Å². The lowest BCUT2D eigenvalue weighted by molar-refractivity contribution is -0.141. The summed E-state index contributed by atoms with van der Waals surface area (Å²) in [7, 11) is 0. The number of nitrogens with zero attached hydrogens (tertiary/aromatic N) is 1. The molecule has 0 aromatic heterocycles. The Bertz CT molecular complexity index is 389. The predicted octanol–water partition coefficient (Wildman–Crippen LogP) is 1.56. The molecule has 2 aliphatic heterocycles. The summed E-state index contributed by atoms with van der Waals surface area (Å²) >= 11 is 0. The lowest BCUT2D eigenvalue weighted by Gasteiger charge is -2.36. The minimum atomic E-state index is -0.321. The van der Waals surface area contributed by atoms with Crippen molar-refractivity contribution >= 4 is 24.2 Å². The van der Waals surface area contributed by atoms with E-state index in [4.69, 9.17) is 0 Å². The Morgan fingerprint density at radius 1 is 1.23 bits per heavy atom. The molecule has 22 heavy (non-hydrogen) atoms. The molecular formula is C16H30ClN3O2. The summed E-state index contributed by atoms with van der Waals surface area (Å²) in [6.07, 6.45) is 4.14. The van der Waals surface area contributed by atoms with E-state index in [0.29, 0.717) is 12.5 Å². The van der Waals surface area contributed by atoms with Crippen molar-refractivity contribution in [2.24, 2.45) is 11.3 Å². The molecule has 2 aliphatic rings. The third kappa shape index (κ3) is 5.13. The molecule has 2 unspecified atom stereocenters. The highest BCUT2D eigenvalue weighted by molar-refractivity contribution is 5.85. The molecule has 0 saturated carbocycles. The first-order valence-corrected chi connectivity index (χ1v) is 8.18. The zero-order valence-electron chi connectivity index (χ0n) is 14.0. The van der Waals surface area contributed by atoms with Gasteiger partial charge in [0, 0.05) is 25.0 Å². The molecule has 2 atom stereocenters. The van der Waals surface area contributed by atoms with Gasteiger partial charge >= 0.3 is 0 Å². The lowest BCUT2D eigenvalue weighted by Crippen LogP contribution is -2.49. The number of piperidine rings is 1. The average Bonchev–Trinajstić information content (AvgIpc) is 2.97. The monoisotopic (exact) mass is 331 g/mol. The molecule has 0 radical (unpaired) electrons. The lowest BCUT2D eigenvalue weighted by atomic mass is 9.91. The van der Waals surface area contributed by atoms with E-state index in [2.05, 4.69) is 10.6 Å². The fourth-order valence-corrected chi connectivity index (χ4v) is 3.17. The summed E-state index contributed by atoms with van der Waals surface area (Å²) in [6.45, 7) is 9.14. The van der Waals surface area contributed by atoms with Crippen LogP contribution in [0.15, 0.2) is 0 Å². The second-order valence-electron chi connectivity index (χ2n) is 7.40. The minimum absolute atomic E-state index is 0. The van der Waals surface area contributed by atoms with Crippen molar-refractivity contribution < 1.29 is 9.59 Å². The second kappa shape index (κ2) is 8.16. The van der Waals surface area contributed by atoms with Gasteiger partial charge in [0.1, 0.15) is 0 Å². The number of hydrogen-bond donors (Lipinski definition) is 2. The summed E-state index contributed by atoms with van der Waals surface area (Å²) in [5, 5.41) is 6.27. The van der Waals surface area contributed by atoms with E-state index in [1.54, 1.807) is 0 Å². The number of likely N-dealkylation sites (tertiary alicyclic amines) is 1. The van der Waals surface area contributed by atoms with Crippen LogP contribution >= 0.6 is 12.4 Å². The molecule has 0 bridgehead atoms. The van der Waals surface area contributed by atoms with Gasteiger partial charge in [-0.15, -0.1) is 12.4 Å². The number of amides is 2. The Balaban J connectivity index is 0.00000242. The van der Waals surface area contributed by atoms with Crippen LogP contribution in [0.25, 0.3) is 0 Å². The summed E-state index contributed by atoms with van der Waals surface area (Å²) in [4.78, 5) is 26.3. The maximum atomic E-state index is 12.3. The van der Waals surface area contributed by atoms with Gasteiger partial charge in [0.05, 0.1) is 6.04 Å². The quantitative estimate of drug-likeness (QED) is 0.825. The standard InChI is InChI=1S/C16H29N3O2.ClH/c1-16(2,3)15(21)19-9-5-6-12(11-19)10-18-14(20)13-7-4-8-17-13;/h12-13,17H,4-11H2,1-3H3,(H,18,20);1H. The van der Waals surface area contributed by atoms with Crippen LogP contribution in [-0.2, 0) is 9.59 Å². The number of rotatable bonds is 3. The molecule has 2 heterocycles. The maximum Gasteiger partial charge on any atom is 0.237 e. The highest BCUT2D eigenvalue weighted by Crippen LogP contribution is 2.23. The van der Waals surface area contributed by atoms with Crippen LogP contribution in [-0.4, -0.2) is 48.9 Å².